The molecule has 1 rings (SSSR count). The van der Waals surface area contributed by atoms with Gasteiger partial charge in [0, 0.05) is 23.5 Å². The lowest BCUT2D eigenvalue weighted by Crippen LogP contribution is -2.43. The Labute approximate surface area is 110 Å². The van der Waals surface area contributed by atoms with Crippen LogP contribution in [0.5, 0.6) is 0 Å². The third-order valence-corrected chi connectivity index (χ3v) is 3.26. The second-order valence-electron chi connectivity index (χ2n) is 5.24. The van der Waals surface area contributed by atoms with E-state index in [-0.39, 0.29) is 5.54 Å². The van der Waals surface area contributed by atoms with Crippen molar-refractivity contribution in [2.75, 3.05) is 19.3 Å². The average molecular weight is 252 g/mol. The molecule has 0 saturated carbocycles. The summed E-state index contributed by atoms with van der Waals surface area (Å²) in [7, 11) is 2.11. The van der Waals surface area contributed by atoms with Crippen LogP contribution in [0.4, 0.5) is 0 Å². The summed E-state index contributed by atoms with van der Waals surface area (Å²) in [6.45, 7) is 8.15. The third kappa shape index (κ3) is 6.10. The van der Waals surface area contributed by atoms with Crippen molar-refractivity contribution in [3.05, 3.63) is 29.8 Å². The number of likely N-dealkylation sites (N-methyl/N-ethyl adjacent to an activating group) is 1. The van der Waals surface area contributed by atoms with Crippen LogP contribution in [0.1, 0.15) is 26.3 Å². The minimum absolute atomic E-state index is 0.132. The predicted octanol–water partition coefficient (Wildman–Crippen LogP) is 2.97. The second kappa shape index (κ2) is 6.43. The van der Waals surface area contributed by atoms with Crippen molar-refractivity contribution in [3.63, 3.8) is 0 Å². The fourth-order valence-electron chi connectivity index (χ4n) is 1.92. The zero-order valence-corrected chi connectivity index (χ0v) is 12.2. The molecule has 0 aliphatic rings. The Morgan fingerprint density at radius 3 is 2.29 bits per heavy atom. The quantitative estimate of drug-likeness (QED) is 0.789. The Bertz CT molecular complexity index is 327. The van der Waals surface area contributed by atoms with Crippen LogP contribution in [0.3, 0.4) is 0 Å². The van der Waals surface area contributed by atoms with Gasteiger partial charge in [-0.15, -0.1) is 11.8 Å². The van der Waals surface area contributed by atoms with Crippen LogP contribution in [-0.2, 0) is 6.54 Å². The number of nitrogens with two attached hydrogens (primary N) is 1. The van der Waals surface area contributed by atoms with Gasteiger partial charge in [-0.1, -0.05) is 19.1 Å². The molecule has 0 aliphatic heterocycles. The van der Waals surface area contributed by atoms with E-state index >= 15 is 0 Å². The van der Waals surface area contributed by atoms with Crippen LogP contribution in [0, 0.1) is 0 Å². The van der Waals surface area contributed by atoms with E-state index in [2.05, 4.69) is 57.0 Å². The van der Waals surface area contributed by atoms with Gasteiger partial charge in [-0.25, -0.2) is 0 Å². The van der Waals surface area contributed by atoms with Gasteiger partial charge >= 0.3 is 0 Å². The molecule has 0 fully saturated rings. The molecule has 1 aromatic carbocycles. The fourth-order valence-corrected chi connectivity index (χ4v) is 2.58. The number of hydrogen-bond acceptors (Lipinski definition) is 3. The fraction of sp³-hybridized carbons (Fsp3) is 0.571. The van der Waals surface area contributed by atoms with Crippen molar-refractivity contribution >= 4 is 11.8 Å². The maximum atomic E-state index is 6.01. The summed E-state index contributed by atoms with van der Waals surface area (Å²) in [5.41, 5.74) is 7.22. The molecular formula is C14H24N2S. The van der Waals surface area contributed by atoms with Crippen LogP contribution in [0.2, 0.25) is 0 Å². The Morgan fingerprint density at radius 1 is 1.24 bits per heavy atom. The molecule has 1 aromatic rings. The first-order chi connectivity index (χ1) is 7.90. The van der Waals surface area contributed by atoms with Crippen LogP contribution in [-0.4, -0.2) is 29.8 Å². The van der Waals surface area contributed by atoms with Crippen molar-refractivity contribution in [1.29, 1.82) is 0 Å². The third-order valence-electron chi connectivity index (χ3n) is 2.36. The number of nitrogens with zero attached hydrogens (tertiary/aromatic N) is 1. The molecule has 0 spiro atoms. The standard InChI is InChI=1S/C14H24N2S/c1-5-17-13-8-6-12(7-9-13)10-16(4)11-14(2,3)15/h6-9H,5,10-11,15H2,1-4H3. The first kappa shape index (κ1) is 14.6. The highest BCUT2D eigenvalue weighted by Crippen LogP contribution is 2.18. The van der Waals surface area contributed by atoms with E-state index in [1.165, 1.54) is 10.5 Å². The maximum Gasteiger partial charge on any atom is 0.0231 e. The summed E-state index contributed by atoms with van der Waals surface area (Å²) in [5, 5.41) is 0. The Balaban J connectivity index is 2.51. The van der Waals surface area contributed by atoms with Gasteiger partial charge in [0.15, 0.2) is 0 Å². The molecule has 0 saturated heterocycles. The molecule has 3 heteroatoms. The molecule has 0 aliphatic carbocycles. The molecule has 0 aromatic heterocycles. The van der Waals surface area contributed by atoms with Crippen LogP contribution >= 0.6 is 11.8 Å². The van der Waals surface area contributed by atoms with Gasteiger partial charge in [0.1, 0.15) is 0 Å². The Hall–Kier alpha value is -0.510. The van der Waals surface area contributed by atoms with E-state index < -0.39 is 0 Å². The van der Waals surface area contributed by atoms with Gasteiger partial charge in [0.2, 0.25) is 0 Å². The smallest absolute Gasteiger partial charge is 0.0231 e. The number of thioether (sulfide) groups is 1. The van der Waals surface area contributed by atoms with Crippen LogP contribution in [0.15, 0.2) is 29.2 Å². The first-order valence-electron chi connectivity index (χ1n) is 6.10. The van der Waals surface area contributed by atoms with Gasteiger partial charge in [-0.3, -0.25) is 0 Å². The van der Waals surface area contributed by atoms with E-state index in [1.807, 2.05) is 11.8 Å². The molecule has 0 unspecified atom stereocenters. The minimum atomic E-state index is -0.132. The largest absolute Gasteiger partial charge is 0.324 e. The number of hydrogen-bond donors (Lipinski definition) is 1. The molecule has 96 valence electrons. The predicted molar refractivity (Wildman–Crippen MR) is 77.4 cm³/mol. The van der Waals surface area contributed by atoms with E-state index in [0.29, 0.717) is 0 Å². The van der Waals surface area contributed by atoms with Gasteiger partial charge in [0.05, 0.1) is 0 Å². The SMILES string of the molecule is CCSc1ccc(CN(C)CC(C)(C)N)cc1. The lowest BCUT2D eigenvalue weighted by molar-refractivity contribution is 0.263. The lowest BCUT2D eigenvalue weighted by Gasteiger charge is -2.26. The second-order valence-corrected chi connectivity index (χ2v) is 6.58. The summed E-state index contributed by atoms with van der Waals surface area (Å²) in [6.07, 6.45) is 0. The topological polar surface area (TPSA) is 29.3 Å². The zero-order valence-electron chi connectivity index (χ0n) is 11.4. The summed E-state index contributed by atoms with van der Waals surface area (Å²) < 4.78 is 0. The molecule has 0 bridgehead atoms. The summed E-state index contributed by atoms with van der Waals surface area (Å²) >= 11 is 1.88. The summed E-state index contributed by atoms with van der Waals surface area (Å²) in [5.74, 6) is 1.13. The first-order valence-corrected chi connectivity index (χ1v) is 7.08. The van der Waals surface area contributed by atoms with Crippen molar-refractivity contribution < 1.29 is 0 Å². The Kier molecular flexibility index (Phi) is 5.50. The van der Waals surface area contributed by atoms with Gasteiger partial charge in [-0.05, 0) is 44.3 Å². The molecule has 0 amide bonds. The van der Waals surface area contributed by atoms with E-state index in [4.69, 9.17) is 5.73 Å². The maximum absolute atomic E-state index is 6.01. The van der Waals surface area contributed by atoms with Gasteiger partial charge in [-0.2, -0.15) is 0 Å². The number of benzene rings is 1. The highest BCUT2D eigenvalue weighted by molar-refractivity contribution is 7.99. The monoisotopic (exact) mass is 252 g/mol. The highest BCUT2D eigenvalue weighted by Gasteiger charge is 2.13. The number of rotatable bonds is 6. The van der Waals surface area contributed by atoms with Crippen molar-refractivity contribution in [2.24, 2.45) is 5.73 Å². The highest BCUT2D eigenvalue weighted by atomic mass is 32.2. The molecule has 0 atom stereocenters. The molecule has 0 radical (unpaired) electrons. The molecule has 2 nitrogen and oxygen atoms in total. The molecular weight excluding hydrogens is 228 g/mol. The average Bonchev–Trinajstić information content (AvgIpc) is 2.18. The van der Waals surface area contributed by atoms with Crippen molar-refractivity contribution in [1.82, 2.24) is 4.90 Å². The Morgan fingerprint density at radius 2 is 1.82 bits per heavy atom. The molecule has 2 N–H and O–H groups in total. The van der Waals surface area contributed by atoms with Crippen LogP contribution in [0.25, 0.3) is 0 Å². The summed E-state index contributed by atoms with van der Waals surface area (Å²) in [4.78, 5) is 3.61. The van der Waals surface area contributed by atoms with E-state index in [0.717, 1.165) is 18.8 Å². The van der Waals surface area contributed by atoms with E-state index in [1.54, 1.807) is 0 Å². The lowest BCUT2D eigenvalue weighted by atomic mass is 10.1. The zero-order chi connectivity index (χ0) is 12.9. The van der Waals surface area contributed by atoms with Gasteiger partial charge < -0.3 is 10.6 Å². The van der Waals surface area contributed by atoms with Gasteiger partial charge in [0.25, 0.3) is 0 Å². The molecule has 0 heterocycles. The van der Waals surface area contributed by atoms with Crippen molar-refractivity contribution in [3.8, 4) is 0 Å². The van der Waals surface area contributed by atoms with E-state index in [9.17, 15) is 0 Å². The normalized spacial score (nSPS) is 12.1. The van der Waals surface area contributed by atoms with Crippen molar-refractivity contribution in [2.45, 2.75) is 37.8 Å². The van der Waals surface area contributed by atoms with Crippen LogP contribution < -0.4 is 5.73 Å². The molecule has 17 heavy (non-hydrogen) atoms. The summed E-state index contributed by atoms with van der Waals surface area (Å²) in [6, 6.07) is 8.81. The minimum Gasteiger partial charge on any atom is -0.324 e.